The zero-order valence-electron chi connectivity index (χ0n) is 70.8. The number of hydrogen-bond donors (Lipinski definition) is 2. The van der Waals surface area contributed by atoms with Crippen molar-refractivity contribution in [3.8, 4) is 23.0 Å². The van der Waals surface area contributed by atoms with Crippen molar-refractivity contribution in [3.05, 3.63) is 117 Å². The molecule has 0 amide bonds. The van der Waals surface area contributed by atoms with E-state index in [1.54, 1.807) is 83.1 Å². The summed E-state index contributed by atoms with van der Waals surface area (Å²) in [5.41, 5.74) is 5.74. The highest BCUT2D eigenvalue weighted by Gasteiger charge is 2.39. The van der Waals surface area contributed by atoms with Crippen LogP contribution < -0.4 is 18.9 Å². The Morgan fingerprint density at radius 2 is 0.518 bits per heavy atom. The van der Waals surface area contributed by atoms with Gasteiger partial charge in [-0.05, 0) is 250 Å². The fraction of sp³-hybridized carbons (Fsp3) is 0.667. The fourth-order valence-electron chi connectivity index (χ4n) is 11.8. The average Bonchev–Trinajstić information content (AvgIpc) is 1.50. The minimum absolute atomic E-state index is 0.189. The largest absolute Gasteiger partial charge is 0.483 e. The molecule has 4 aliphatic rings. The Morgan fingerprint density at radius 1 is 0.330 bits per heavy atom. The van der Waals surface area contributed by atoms with Gasteiger partial charge in [-0.1, -0.05) is 167 Å². The van der Waals surface area contributed by atoms with Crippen LogP contribution in [0.1, 0.15) is 309 Å². The third-order valence-corrected chi connectivity index (χ3v) is 22.7. The predicted octanol–water partition coefficient (Wildman–Crippen LogP) is 22.5. The van der Waals surface area contributed by atoms with E-state index in [1.165, 1.54) is 62.5 Å². The summed E-state index contributed by atoms with van der Waals surface area (Å²) in [6.07, 6.45) is 9.89. The lowest BCUT2D eigenvalue weighted by Crippen LogP contribution is -2.25. The first-order chi connectivity index (χ1) is 52.0. The van der Waals surface area contributed by atoms with Crippen LogP contribution in [0.5, 0.6) is 23.0 Å². The van der Waals surface area contributed by atoms with Crippen LogP contribution in [0.3, 0.4) is 0 Å². The second-order valence-electron chi connectivity index (χ2n) is 34.7. The SMILES string of the molecule is CC(C)c1cccc([C@H](C)C2CC2)c1OCCl.CC(C)c1cccc([C@H](C)C2CC2)c1OCOP(=O)(O)O.CC(C)c1cccc([C@H](C)C2CC2)c1OCOP(=O)(OCOC(=O)C(C)(C)C)OCOC(=O)C(C)(C)C.CC(C)c1cccc([C@H](C)C2CC2)c1OCOP(=O)(OCOC(=O)C(C)(C)C)OCOC(=O)C(C)(C)C. The first-order valence-electron chi connectivity index (χ1n) is 39.1. The summed E-state index contributed by atoms with van der Waals surface area (Å²) in [5.74, 6) is 6.31. The number of alkyl halides is 1. The van der Waals surface area contributed by atoms with Crippen LogP contribution in [0, 0.1) is 45.3 Å². The zero-order chi connectivity index (χ0) is 84.1. The fourth-order valence-corrected chi connectivity index (χ4v) is 13.6. The lowest BCUT2D eigenvalue weighted by atomic mass is 9.90. The number of carbonyl (C=O) groups is 4. The first kappa shape index (κ1) is 97.2. The maximum atomic E-state index is 13.3. The van der Waals surface area contributed by atoms with Gasteiger partial charge in [0.05, 0.1) is 21.7 Å². The molecule has 4 aliphatic carbocycles. The zero-order valence-corrected chi connectivity index (χ0v) is 74.2. The predicted molar refractivity (Wildman–Crippen MR) is 431 cm³/mol. The van der Waals surface area contributed by atoms with Gasteiger partial charge in [-0.3, -0.25) is 19.2 Å². The number of para-hydroxylation sites is 4. The van der Waals surface area contributed by atoms with E-state index in [9.17, 15) is 32.9 Å². The number of esters is 4. The summed E-state index contributed by atoms with van der Waals surface area (Å²) in [7, 11) is -13.2. The van der Waals surface area contributed by atoms with Crippen molar-refractivity contribution in [1.82, 2.24) is 0 Å². The summed E-state index contributed by atoms with van der Waals surface area (Å²) >= 11 is 5.76. The van der Waals surface area contributed by atoms with Gasteiger partial charge in [0, 0.05) is 0 Å². The maximum Gasteiger partial charge on any atom is 0.483 e. The standard InChI is InChI=1S/2C27H43O9P.C15H21ClO.C15H23O5P/c2*1-18(2)21-11-10-12-22(19(3)20-13-14-20)23(21)31-15-34-37(30,35-16-32-24(28)26(4,5)6)36-17-33-25(29)27(7,8)9;1-10(2)13-5-4-6-14(15(13)17-9-16)11(3)12-7-8-12;1-10(2)13-5-4-6-14(11(3)12-7-8-12)15(13)19-9-20-21(16,17)18/h2*10-12,18-20H,13-17H2,1-9H3;4-6,10-12H,7-9H2,1-3H3;4-6,10-12H,7-9H2,1-3H3,(H2,16,17,18)/t2*19-;2*11-/m1111/s1. The molecule has 632 valence electrons. The monoisotopic (exact) mass is 1650 g/mol. The van der Waals surface area contributed by atoms with Gasteiger partial charge in [-0.2, -0.15) is 0 Å². The van der Waals surface area contributed by atoms with Crippen LogP contribution in [0.4, 0.5) is 0 Å². The summed E-state index contributed by atoms with van der Waals surface area (Å²) in [6.45, 7) is 41.7. The van der Waals surface area contributed by atoms with Gasteiger partial charge < -0.3 is 47.7 Å². The number of benzene rings is 4. The number of phosphoric ester groups is 3. The third-order valence-electron chi connectivity index (χ3n) is 19.6. The van der Waals surface area contributed by atoms with Crippen LogP contribution in [0.15, 0.2) is 72.8 Å². The third kappa shape index (κ3) is 32.2. The van der Waals surface area contributed by atoms with Crippen molar-refractivity contribution < 1.29 is 112 Å². The lowest BCUT2D eigenvalue weighted by molar-refractivity contribution is -0.165. The first-order valence-corrected chi connectivity index (χ1v) is 44.1. The van der Waals surface area contributed by atoms with Gasteiger partial charge in [0.15, 0.2) is 26.4 Å². The van der Waals surface area contributed by atoms with Crippen molar-refractivity contribution in [2.75, 3.05) is 53.6 Å². The number of hydrogen-bond acceptors (Lipinski definition) is 22. The van der Waals surface area contributed by atoms with Crippen LogP contribution in [0.25, 0.3) is 0 Å². The molecule has 0 unspecified atom stereocenters. The molecule has 4 atom stereocenters. The molecule has 0 aromatic heterocycles. The topological polar surface area (TPSA) is 298 Å². The maximum absolute atomic E-state index is 13.3. The molecule has 24 nitrogen and oxygen atoms in total. The summed E-state index contributed by atoms with van der Waals surface area (Å²) in [5, 5.41) is 0. The summed E-state index contributed by atoms with van der Waals surface area (Å²) in [4.78, 5) is 65.8. The van der Waals surface area contributed by atoms with Gasteiger partial charge in [0.2, 0.25) is 27.2 Å². The highest BCUT2D eigenvalue weighted by Crippen LogP contribution is 2.54. The molecule has 28 heteroatoms. The second-order valence-corrected chi connectivity index (χ2v) is 39.5. The quantitative estimate of drug-likeness (QED) is 0.0138. The van der Waals surface area contributed by atoms with Crippen LogP contribution in [-0.2, 0) is 83.5 Å². The molecule has 0 bridgehead atoms. The highest BCUT2D eigenvalue weighted by atomic mass is 35.5. The number of phosphoric acid groups is 3. The number of halogens is 1. The molecule has 0 spiro atoms. The van der Waals surface area contributed by atoms with E-state index in [2.05, 4.69) is 106 Å². The van der Waals surface area contributed by atoms with Crippen LogP contribution >= 0.6 is 35.1 Å². The summed E-state index contributed by atoms with van der Waals surface area (Å²) < 4.78 is 117. The molecular weight excluding hydrogens is 1520 g/mol. The Bertz CT molecular complexity index is 3580. The molecule has 0 aliphatic heterocycles. The van der Waals surface area contributed by atoms with Gasteiger partial charge in [-0.25, -0.2) is 45.4 Å². The number of ether oxygens (including phenoxy) is 8. The normalized spacial score (nSPS) is 16.0. The minimum atomic E-state index is -4.51. The Hall–Kier alpha value is -5.42. The van der Waals surface area contributed by atoms with Gasteiger partial charge in [0.1, 0.15) is 23.0 Å². The van der Waals surface area contributed by atoms with Crippen molar-refractivity contribution in [2.45, 2.75) is 265 Å². The van der Waals surface area contributed by atoms with E-state index in [-0.39, 0.29) is 23.8 Å². The molecule has 4 aromatic carbocycles. The van der Waals surface area contributed by atoms with E-state index < -0.39 is 117 Å². The average molecular weight is 1650 g/mol. The molecule has 0 saturated heterocycles. The minimum Gasteiger partial charge on any atom is -0.477 e. The Kier molecular flexibility index (Phi) is 37.4. The number of carbonyl (C=O) groups excluding carboxylic acids is 4. The van der Waals surface area contributed by atoms with Crippen molar-refractivity contribution in [2.24, 2.45) is 45.3 Å². The number of rotatable bonds is 38. The van der Waals surface area contributed by atoms with E-state index in [0.717, 1.165) is 45.0 Å². The Labute approximate surface area is 671 Å². The molecule has 4 saturated carbocycles. The second kappa shape index (κ2) is 43.2. The molecule has 4 fully saturated rings. The Balaban J connectivity index is 0.000000279. The van der Waals surface area contributed by atoms with E-state index in [0.29, 0.717) is 64.6 Å². The van der Waals surface area contributed by atoms with Crippen LogP contribution in [-0.4, -0.2) is 87.3 Å². The smallest absolute Gasteiger partial charge is 0.477 e. The molecule has 4 aromatic rings. The van der Waals surface area contributed by atoms with Crippen LogP contribution in [0.2, 0.25) is 0 Å². The van der Waals surface area contributed by atoms with E-state index >= 15 is 0 Å². The molecular formula is C84H130ClO24P3. The molecule has 2 N–H and O–H groups in total. The lowest BCUT2D eigenvalue weighted by Gasteiger charge is -2.23. The van der Waals surface area contributed by atoms with E-state index in [1.807, 2.05) is 54.6 Å². The highest BCUT2D eigenvalue weighted by molar-refractivity contribution is 7.48. The molecule has 112 heavy (non-hydrogen) atoms. The molecule has 0 radical (unpaired) electrons. The van der Waals surface area contributed by atoms with E-state index in [4.69, 9.17) is 86.4 Å². The summed E-state index contributed by atoms with van der Waals surface area (Å²) in [6, 6.07) is 24.8. The molecule has 0 heterocycles. The Morgan fingerprint density at radius 3 is 0.696 bits per heavy atom. The van der Waals surface area contributed by atoms with Crippen molar-refractivity contribution in [3.63, 3.8) is 0 Å². The molecule has 8 rings (SSSR count). The van der Waals surface area contributed by atoms with Gasteiger partial charge in [-0.15, -0.1) is 0 Å². The van der Waals surface area contributed by atoms with Crippen molar-refractivity contribution in [1.29, 1.82) is 0 Å². The van der Waals surface area contributed by atoms with Gasteiger partial charge >= 0.3 is 47.3 Å². The van der Waals surface area contributed by atoms with Crippen molar-refractivity contribution >= 4 is 58.9 Å². The van der Waals surface area contributed by atoms with Gasteiger partial charge in [0.25, 0.3) is 0 Å².